The van der Waals surface area contributed by atoms with Crippen molar-refractivity contribution in [1.29, 1.82) is 0 Å². The number of hydrogen-bond donors (Lipinski definition) is 5. The Labute approximate surface area is 357 Å². The molecule has 6 aliphatic rings. The van der Waals surface area contributed by atoms with E-state index < -0.39 is 12.2 Å². The van der Waals surface area contributed by atoms with Gasteiger partial charge in [-0.15, -0.1) is 4.99 Å². The molecule has 6 rings (SSSR count). The fourth-order valence-electron chi connectivity index (χ4n) is 12.7. The lowest BCUT2D eigenvalue weighted by Crippen LogP contribution is -2.44. The van der Waals surface area contributed by atoms with Crippen molar-refractivity contribution in [2.45, 2.75) is 180 Å². The van der Waals surface area contributed by atoms with E-state index in [-0.39, 0.29) is 78.3 Å². The molecule has 4 aliphatic carbocycles. The van der Waals surface area contributed by atoms with Crippen molar-refractivity contribution in [3.8, 4) is 11.8 Å². The van der Waals surface area contributed by atoms with Crippen LogP contribution in [0.5, 0.6) is 0 Å². The van der Waals surface area contributed by atoms with Gasteiger partial charge in [-0.3, -0.25) is 9.59 Å². The topological polar surface area (TPSA) is 154 Å². The number of hydrogen-bond acceptors (Lipinski definition) is 9. The molecule has 0 aromatic rings. The van der Waals surface area contributed by atoms with Crippen molar-refractivity contribution in [2.24, 2.45) is 75.8 Å². The van der Waals surface area contributed by atoms with Gasteiger partial charge in [0.2, 0.25) is 0 Å². The Kier molecular flexibility index (Phi) is 18.0. The van der Waals surface area contributed by atoms with E-state index in [1.54, 1.807) is 7.11 Å². The SMILES string of the molecule is CCCC(C(O)CC1=C[C+](C(C)CCCCO)C=N1)C1CC(CC2CCNC(N)C2)CC2C#CC(C3CCCCC3)C3CC(O)C(OC)CC3CCC(=O)CC(=O)C2C1. The van der Waals surface area contributed by atoms with Crippen LogP contribution in [0.2, 0.25) is 0 Å². The van der Waals surface area contributed by atoms with Gasteiger partial charge in [0.15, 0.2) is 5.70 Å². The number of rotatable bonds is 15. The summed E-state index contributed by atoms with van der Waals surface area (Å²) < 4.78 is 5.77. The fraction of sp³-hybridized carbons (Fsp3) is 0.840. The number of aliphatic hydroxyl groups excluding tert-OH is 3. The van der Waals surface area contributed by atoms with E-state index in [1.165, 1.54) is 25.2 Å². The summed E-state index contributed by atoms with van der Waals surface area (Å²) in [4.78, 5) is 33.3. The van der Waals surface area contributed by atoms with Gasteiger partial charge in [-0.25, -0.2) is 0 Å². The molecule has 2 aliphatic heterocycles. The Bertz CT molecular complexity index is 1470. The van der Waals surface area contributed by atoms with Crippen molar-refractivity contribution in [1.82, 2.24) is 5.32 Å². The zero-order valence-electron chi connectivity index (χ0n) is 36.9. The maximum absolute atomic E-state index is 14.7. The average molecular weight is 819 g/mol. The highest BCUT2D eigenvalue weighted by atomic mass is 16.5. The monoisotopic (exact) mass is 819 g/mol. The van der Waals surface area contributed by atoms with Crippen molar-refractivity contribution in [3.05, 3.63) is 17.7 Å². The summed E-state index contributed by atoms with van der Waals surface area (Å²) in [6.45, 7) is 5.54. The van der Waals surface area contributed by atoms with Crippen LogP contribution in [-0.2, 0) is 14.3 Å². The number of fused-ring (bicyclic) bond motifs is 2. The van der Waals surface area contributed by atoms with E-state index in [4.69, 9.17) is 15.5 Å². The molecule has 9 nitrogen and oxygen atoms in total. The van der Waals surface area contributed by atoms with Crippen molar-refractivity contribution in [2.75, 3.05) is 20.3 Å². The number of aliphatic imine (C=N–C) groups is 1. The van der Waals surface area contributed by atoms with Crippen molar-refractivity contribution in [3.63, 3.8) is 0 Å². The number of piperidine rings is 1. The van der Waals surface area contributed by atoms with Gasteiger partial charge in [-0.2, -0.15) is 0 Å². The van der Waals surface area contributed by atoms with Gasteiger partial charge >= 0.3 is 0 Å². The number of Topliss-reactive ketones (excluding diaryl/α,β-unsaturated/α-hetero) is 2. The highest BCUT2D eigenvalue weighted by Gasteiger charge is 2.45. The lowest BCUT2D eigenvalue weighted by atomic mass is 9.63. The largest absolute Gasteiger partial charge is 0.396 e. The number of aliphatic hydroxyl groups is 3. The molecule has 3 saturated carbocycles. The molecule has 0 spiro atoms. The zero-order chi connectivity index (χ0) is 41.9. The summed E-state index contributed by atoms with van der Waals surface area (Å²) in [6.07, 6.45) is 21.8. The van der Waals surface area contributed by atoms with Crippen LogP contribution < -0.4 is 11.1 Å². The summed E-state index contributed by atoms with van der Waals surface area (Å²) in [6, 6.07) is 0. The van der Waals surface area contributed by atoms with E-state index in [9.17, 15) is 24.9 Å². The number of nitrogens with one attached hydrogen (secondary N) is 1. The highest BCUT2D eigenvalue weighted by molar-refractivity contribution is 6.00. The molecule has 0 amide bonds. The molecule has 1 saturated heterocycles. The first kappa shape index (κ1) is 46.4. The van der Waals surface area contributed by atoms with Crippen LogP contribution in [0, 0.1) is 82.9 Å². The second-order valence-corrected chi connectivity index (χ2v) is 20.1. The third kappa shape index (κ3) is 12.8. The first-order valence-electron chi connectivity index (χ1n) is 24.2. The molecule has 0 bridgehead atoms. The first-order valence-corrected chi connectivity index (χ1v) is 24.2. The third-order valence-electron chi connectivity index (χ3n) is 16.0. The molecule has 0 aromatic heterocycles. The second-order valence-electron chi connectivity index (χ2n) is 20.1. The number of methoxy groups -OCH3 is 1. The summed E-state index contributed by atoms with van der Waals surface area (Å²) in [7, 11) is 1.68. The summed E-state index contributed by atoms with van der Waals surface area (Å²) >= 11 is 0. The standard InChI is InChI=1S/C50H80N3O6/c1-4-10-43(46(56)28-40-25-39(31-53-40)32(2)11-8-9-20-54)38-23-34(21-33-18-19-52-50(51)24-33)22-36-15-17-42(35-12-6-5-7-13-35)44-30-48(58)49(59-3)27-37(44)14-16-41(55)29-47(57)45(36)26-38/h25,31-38,42-46,48-50,52,54,56,58H,4-14,16,18-24,26-30,51H2,1-3H3/q+1. The molecule has 14 atom stereocenters. The predicted molar refractivity (Wildman–Crippen MR) is 235 cm³/mol. The Morgan fingerprint density at radius 2 is 1.80 bits per heavy atom. The van der Waals surface area contributed by atoms with E-state index in [1.807, 2.05) is 6.21 Å². The smallest absolute Gasteiger partial charge is 0.177 e. The van der Waals surface area contributed by atoms with Crippen LogP contribution in [0.1, 0.15) is 155 Å². The molecule has 330 valence electrons. The summed E-state index contributed by atoms with van der Waals surface area (Å²) in [5.41, 5.74) is 7.38. The number of unbranched alkanes of at least 4 members (excludes halogenated alkanes) is 1. The van der Waals surface area contributed by atoms with E-state index in [2.05, 4.69) is 37.1 Å². The van der Waals surface area contributed by atoms with Crippen LogP contribution in [0.25, 0.3) is 0 Å². The van der Waals surface area contributed by atoms with Crippen molar-refractivity contribution < 1.29 is 29.6 Å². The molecule has 59 heavy (non-hydrogen) atoms. The van der Waals surface area contributed by atoms with Crippen LogP contribution >= 0.6 is 0 Å². The number of ketones is 2. The highest BCUT2D eigenvalue weighted by Crippen LogP contribution is 2.48. The number of carbonyl (C=O) groups excluding carboxylic acids is 2. The van der Waals surface area contributed by atoms with Gasteiger partial charge in [0.05, 0.1) is 37.3 Å². The van der Waals surface area contributed by atoms with Crippen LogP contribution in [0.3, 0.4) is 0 Å². The van der Waals surface area contributed by atoms with Crippen LogP contribution in [0.15, 0.2) is 16.8 Å². The minimum atomic E-state index is -0.591. The molecular formula is C50H80N3O6+. The summed E-state index contributed by atoms with van der Waals surface area (Å²) in [5, 5.41) is 36.2. The fourth-order valence-corrected chi connectivity index (χ4v) is 12.7. The Morgan fingerprint density at radius 3 is 2.54 bits per heavy atom. The third-order valence-corrected chi connectivity index (χ3v) is 16.0. The quantitative estimate of drug-likeness (QED) is 0.0487. The molecule has 2 heterocycles. The lowest BCUT2D eigenvalue weighted by molar-refractivity contribution is -0.131. The minimum Gasteiger partial charge on any atom is -0.396 e. The Balaban J connectivity index is 1.32. The van der Waals surface area contributed by atoms with Gasteiger partial charge in [-0.1, -0.05) is 44.4 Å². The molecule has 0 aromatic carbocycles. The summed E-state index contributed by atoms with van der Waals surface area (Å²) in [5.74, 6) is 11.0. The molecular weight excluding hydrogens is 739 g/mol. The van der Waals surface area contributed by atoms with Gasteiger partial charge in [0.25, 0.3) is 0 Å². The zero-order valence-corrected chi connectivity index (χ0v) is 36.9. The molecule has 0 radical (unpaired) electrons. The number of nitrogens with zero attached hydrogens (tertiary/aromatic N) is 1. The van der Waals surface area contributed by atoms with E-state index >= 15 is 0 Å². The Hall–Kier alpha value is -2.06. The lowest BCUT2D eigenvalue weighted by Gasteiger charge is -2.44. The Morgan fingerprint density at radius 1 is 0.983 bits per heavy atom. The molecule has 6 N–H and O–H groups in total. The second kappa shape index (κ2) is 22.9. The van der Waals surface area contributed by atoms with Crippen LogP contribution in [-0.4, -0.2) is 77.8 Å². The minimum absolute atomic E-state index is 0.00135. The molecule has 14 unspecified atom stereocenters. The first-order chi connectivity index (χ1) is 28.6. The van der Waals surface area contributed by atoms with Gasteiger partial charge in [0, 0.05) is 43.8 Å². The van der Waals surface area contributed by atoms with Gasteiger partial charge in [-0.05, 0) is 151 Å². The average Bonchev–Trinajstić information content (AvgIpc) is 3.61. The van der Waals surface area contributed by atoms with Gasteiger partial charge < -0.3 is 31.1 Å². The number of carbonyl (C=O) groups is 2. The van der Waals surface area contributed by atoms with E-state index in [0.717, 1.165) is 102 Å². The molecule has 9 heteroatoms. The molecule has 4 fully saturated rings. The number of allylic oxidation sites excluding steroid dienone is 1. The van der Waals surface area contributed by atoms with Gasteiger partial charge in [0.1, 0.15) is 29.8 Å². The predicted octanol–water partition coefficient (Wildman–Crippen LogP) is 7.74. The van der Waals surface area contributed by atoms with Crippen molar-refractivity contribution >= 4 is 17.8 Å². The maximum atomic E-state index is 14.7. The number of nitrogens with two attached hydrogens (primary N) is 1. The van der Waals surface area contributed by atoms with Crippen LogP contribution in [0.4, 0.5) is 0 Å². The maximum Gasteiger partial charge on any atom is 0.177 e. The number of ether oxygens (including phenoxy) is 1. The van der Waals surface area contributed by atoms with E-state index in [0.29, 0.717) is 49.4 Å². The normalized spacial score (nSPS) is 36.5.